The van der Waals surface area contributed by atoms with E-state index in [2.05, 4.69) is 17.1 Å². The molecule has 3 N–H and O–H groups in total. The van der Waals surface area contributed by atoms with E-state index in [1.807, 2.05) is 23.1 Å². The molecular formula is C15H20N4O. The van der Waals surface area contributed by atoms with E-state index in [0.717, 1.165) is 30.4 Å². The number of likely N-dealkylation sites (tertiary alicyclic amines) is 1. The number of benzene rings is 1. The number of aromatic nitrogens is 2. The number of aromatic amines is 1. The van der Waals surface area contributed by atoms with Crippen LogP contribution in [0.2, 0.25) is 0 Å². The topological polar surface area (TPSA) is 75.0 Å². The third-order valence-electron chi connectivity index (χ3n) is 4.39. The minimum atomic E-state index is 0.0897. The fraction of sp³-hybridized carbons (Fsp3) is 0.467. The number of hydrogen-bond acceptors (Lipinski definition) is 3. The largest absolute Gasteiger partial charge is 0.338 e. The van der Waals surface area contributed by atoms with Crippen LogP contribution in [0.15, 0.2) is 24.4 Å². The summed E-state index contributed by atoms with van der Waals surface area (Å²) in [5.41, 5.74) is 7.42. The summed E-state index contributed by atoms with van der Waals surface area (Å²) >= 11 is 0. The Hall–Kier alpha value is -1.88. The summed E-state index contributed by atoms with van der Waals surface area (Å²) in [6, 6.07) is 5.68. The molecule has 2 heterocycles. The van der Waals surface area contributed by atoms with Gasteiger partial charge in [0.25, 0.3) is 5.91 Å². The summed E-state index contributed by atoms with van der Waals surface area (Å²) in [6.07, 6.45) is 2.79. The van der Waals surface area contributed by atoms with Crippen molar-refractivity contribution in [1.82, 2.24) is 15.1 Å². The van der Waals surface area contributed by atoms with Crippen molar-refractivity contribution in [2.45, 2.75) is 13.3 Å². The first-order valence-corrected chi connectivity index (χ1v) is 7.11. The van der Waals surface area contributed by atoms with Gasteiger partial charge >= 0.3 is 0 Å². The van der Waals surface area contributed by atoms with E-state index >= 15 is 0 Å². The molecule has 5 heteroatoms. The molecule has 1 aromatic carbocycles. The summed E-state index contributed by atoms with van der Waals surface area (Å²) in [7, 11) is 0. The molecule has 1 aliphatic rings. The van der Waals surface area contributed by atoms with Crippen LogP contribution >= 0.6 is 0 Å². The zero-order valence-electron chi connectivity index (χ0n) is 11.7. The fourth-order valence-electron chi connectivity index (χ4n) is 2.89. The minimum absolute atomic E-state index is 0.0897. The molecule has 0 bridgehead atoms. The molecule has 5 nitrogen and oxygen atoms in total. The zero-order chi connectivity index (χ0) is 14.1. The number of nitrogens with one attached hydrogen (secondary N) is 1. The first-order valence-electron chi connectivity index (χ1n) is 7.11. The van der Waals surface area contributed by atoms with Crippen LogP contribution in [0.3, 0.4) is 0 Å². The number of H-pyrrole nitrogens is 1. The second kappa shape index (κ2) is 5.25. The van der Waals surface area contributed by atoms with Crippen molar-refractivity contribution in [2.75, 3.05) is 19.6 Å². The molecule has 106 valence electrons. The lowest BCUT2D eigenvalue weighted by Crippen LogP contribution is -2.45. The summed E-state index contributed by atoms with van der Waals surface area (Å²) in [5.74, 6) is 1.09. The van der Waals surface area contributed by atoms with Gasteiger partial charge in [-0.05, 0) is 36.9 Å². The highest BCUT2D eigenvalue weighted by molar-refractivity contribution is 5.97. The molecule has 3 rings (SSSR count). The number of carbonyl (C=O) groups excluding carboxylic acids is 1. The number of amides is 1. The van der Waals surface area contributed by atoms with Crippen LogP contribution in [-0.2, 0) is 0 Å². The predicted octanol–water partition coefficient (Wildman–Crippen LogP) is 1.62. The summed E-state index contributed by atoms with van der Waals surface area (Å²) in [6.45, 7) is 4.44. The molecular weight excluding hydrogens is 252 g/mol. The Balaban J connectivity index is 1.81. The molecule has 20 heavy (non-hydrogen) atoms. The highest BCUT2D eigenvalue weighted by atomic mass is 16.2. The van der Waals surface area contributed by atoms with Gasteiger partial charge in [0, 0.05) is 24.0 Å². The molecule has 2 unspecified atom stereocenters. The normalized spacial score (nSPS) is 23.2. The average molecular weight is 272 g/mol. The molecule has 1 amide bonds. The van der Waals surface area contributed by atoms with Crippen LogP contribution < -0.4 is 5.73 Å². The molecule has 0 radical (unpaired) electrons. The van der Waals surface area contributed by atoms with Crippen molar-refractivity contribution in [3.8, 4) is 0 Å². The third-order valence-corrected chi connectivity index (χ3v) is 4.39. The Morgan fingerprint density at radius 2 is 2.40 bits per heavy atom. The number of fused-ring (bicyclic) bond motifs is 1. The van der Waals surface area contributed by atoms with Crippen LogP contribution in [0.25, 0.3) is 10.9 Å². The predicted molar refractivity (Wildman–Crippen MR) is 78.3 cm³/mol. The Morgan fingerprint density at radius 1 is 1.55 bits per heavy atom. The monoisotopic (exact) mass is 272 g/mol. The maximum atomic E-state index is 12.6. The van der Waals surface area contributed by atoms with Crippen LogP contribution in [0.4, 0.5) is 0 Å². The van der Waals surface area contributed by atoms with Gasteiger partial charge in [-0.1, -0.05) is 13.0 Å². The van der Waals surface area contributed by atoms with Crippen molar-refractivity contribution in [2.24, 2.45) is 17.6 Å². The molecule has 1 saturated heterocycles. The summed E-state index contributed by atoms with van der Waals surface area (Å²) in [5, 5.41) is 7.91. The summed E-state index contributed by atoms with van der Waals surface area (Å²) in [4.78, 5) is 14.5. The third kappa shape index (κ3) is 2.29. The van der Waals surface area contributed by atoms with Crippen LogP contribution in [0.5, 0.6) is 0 Å². The number of nitrogens with zero attached hydrogens (tertiary/aromatic N) is 2. The van der Waals surface area contributed by atoms with E-state index in [9.17, 15) is 4.79 Å². The lowest BCUT2D eigenvalue weighted by atomic mass is 9.87. The molecule has 1 aromatic heterocycles. The van der Waals surface area contributed by atoms with Gasteiger partial charge in [-0.15, -0.1) is 0 Å². The Labute approximate surface area is 118 Å². The minimum Gasteiger partial charge on any atom is -0.338 e. The number of carbonyl (C=O) groups is 1. The van der Waals surface area contributed by atoms with Gasteiger partial charge in [-0.2, -0.15) is 5.10 Å². The molecule has 2 atom stereocenters. The fourth-order valence-corrected chi connectivity index (χ4v) is 2.89. The second-order valence-electron chi connectivity index (χ2n) is 5.68. The maximum Gasteiger partial charge on any atom is 0.253 e. The molecule has 1 aliphatic heterocycles. The smallest absolute Gasteiger partial charge is 0.253 e. The Morgan fingerprint density at radius 3 is 3.20 bits per heavy atom. The lowest BCUT2D eigenvalue weighted by molar-refractivity contribution is 0.0618. The number of nitrogens with two attached hydrogens (primary N) is 1. The average Bonchev–Trinajstić information content (AvgIpc) is 2.94. The molecule has 0 spiro atoms. The highest BCUT2D eigenvalue weighted by Crippen LogP contribution is 2.24. The van der Waals surface area contributed by atoms with Gasteiger partial charge in [0.05, 0.1) is 11.7 Å². The van der Waals surface area contributed by atoms with Crippen LogP contribution in [0.1, 0.15) is 23.7 Å². The van der Waals surface area contributed by atoms with Crippen molar-refractivity contribution in [1.29, 1.82) is 0 Å². The van der Waals surface area contributed by atoms with E-state index < -0.39 is 0 Å². The van der Waals surface area contributed by atoms with E-state index in [-0.39, 0.29) is 5.91 Å². The molecule has 1 fully saturated rings. The molecule has 0 saturated carbocycles. The van der Waals surface area contributed by atoms with Crippen molar-refractivity contribution in [3.63, 3.8) is 0 Å². The molecule has 2 aromatic rings. The lowest BCUT2D eigenvalue weighted by Gasteiger charge is -2.36. The standard InChI is InChI=1S/C15H20N4O/c1-10-4-5-19(9-13(10)7-16)15(20)11-2-3-12-8-17-18-14(12)6-11/h2-3,6,8,10,13H,4-5,7,9,16H2,1H3,(H,17,18). The Bertz CT molecular complexity index is 621. The quantitative estimate of drug-likeness (QED) is 0.872. The SMILES string of the molecule is CC1CCN(C(=O)c2ccc3cn[nH]c3c2)CC1CN. The van der Waals surface area contributed by atoms with E-state index in [4.69, 9.17) is 5.73 Å². The summed E-state index contributed by atoms with van der Waals surface area (Å²) < 4.78 is 0. The van der Waals surface area contributed by atoms with Gasteiger partial charge in [0.1, 0.15) is 0 Å². The van der Waals surface area contributed by atoms with Gasteiger partial charge in [0.2, 0.25) is 0 Å². The highest BCUT2D eigenvalue weighted by Gasteiger charge is 2.28. The van der Waals surface area contributed by atoms with E-state index in [1.165, 1.54) is 0 Å². The van der Waals surface area contributed by atoms with Gasteiger partial charge in [0.15, 0.2) is 0 Å². The first kappa shape index (κ1) is 13.1. The van der Waals surface area contributed by atoms with Crippen molar-refractivity contribution < 1.29 is 4.79 Å². The van der Waals surface area contributed by atoms with Crippen molar-refractivity contribution >= 4 is 16.8 Å². The van der Waals surface area contributed by atoms with Crippen LogP contribution in [-0.4, -0.2) is 40.6 Å². The van der Waals surface area contributed by atoms with Gasteiger partial charge in [-0.25, -0.2) is 0 Å². The first-order chi connectivity index (χ1) is 9.69. The van der Waals surface area contributed by atoms with Crippen molar-refractivity contribution in [3.05, 3.63) is 30.0 Å². The number of piperidine rings is 1. The van der Waals surface area contributed by atoms with E-state index in [0.29, 0.717) is 23.9 Å². The zero-order valence-corrected chi connectivity index (χ0v) is 11.7. The van der Waals surface area contributed by atoms with Gasteiger partial charge < -0.3 is 10.6 Å². The Kier molecular flexibility index (Phi) is 3.44. The molecule has 0 aliphatic carbocycles. The van der Waals surface area contributed by atoms with Gasteiger partial charge in [-0.3, -0.25) is 9.89 Å². The van der Waals surface area contributed by atoms with Crippen LogP contribution in [0, 0.1) is 11.8 Å². The number of rotatable bonds is 2. The second-order valence-corrected chi connectivity index (χ2v) is 5.68. The maximum absolute atomic E-state index is 12.6. The number of hydrogen-bond donors (Lipinski definition) is 2. The van der Waals surface area contributed by atoms with E-state index in [1.54, 1.807) is 6.20 Å².